The number of hydrogen-bond donors (Lipinski definition) is 3. The summed E-state index contributed by atoms with van der Waals surface area (Å²) in [5.41, 5.74) is 7.09. The van der Waals surface area contributed by atoms with Gasteiger partial charge in [-0.05, 0) is 11.6 Å². The molecule has 0 aliphatic heterocycles. The highest BCUT2D eigenvalue weighted by Crippen LogP contribution is 2.15. The number of nitrogens with zero attached hydrogens (tertiary/aromatic N) is 1. The number of rotatable bonds is 6. The van der Waals surface area contributed by atoms with Gasteiger partial charge in [0.05, 0.1) is 0 Å². The lowest BCUT2D eigenvalue weighted by Crippen LogP contribution is -2.31. The van der Waals surface area contributed by atoms with E-state index in [1.165, 1.54) is 23.9 Å². The molecule has 0 aliphatic carbocycles. The second kappa shape index (κ2) is 8.29. The van der Waals surface area contributed by atoms with Crippen LogP contribution in [0.15, 0.2) is 47.5 Å². The fourth-order valence-corrected chi connectivity index (χ4v) is 3.27. The lowest BCUT2D eigenvalue weighted by Gasteiger charge is -2.12. The molecule has 0 bridgehead atoms. The van der Waals surface area contributed by atoms with Crippen molar-refractivity contribution in [2.45, 2.75) is 10.9 Å². The van der Waals surface area contributed by atoms with E-state index in [4.69, 9.17) is 5.73 Å². The summed E-state index contributed by atoms with van der Waals surface area (Å²) in [5, 5.41) is 2.46. The topological polar surface area (TPSA) is 106 Å². The summed E-state index contributed by atoms with van der Waals surface area (Å²) in [4.78, 5) is 11.7. The number of hydrogen-bond acceptors (Lipinski definition) is 4. The van der Waals surface area contributed by atoms with E-state index in [2.05, 4.69) is 10.0 Å². The molecule has 2 aromatic rings. The first kappa shape index (κ1) is 20.2. The first-order valence-corrected chi connectivity index (χ1v) is 8.52. The van der Waals surface area contributed by atoms with Crippen LogP contribution in [-0.4, -0.2) is 32.5 Å². The van der Waals surface area contributed by atoms with Crippen molar-refractivity contribution < 1.29 is 13.2 Å². The Morgan fingerprint density at radius 3 is 2.50 bits per heavy atom. The largest absolute Gasteiger partial charge is 0.354 e. The number of halogens is 1. The number of aryl methyl sites for hydroxylation is 1. The van der Waals surface area contributed by atoms with E-state index in [9.17, 15) is 13.2 Å². The zero-order chi connectivity index (χ0) is 17.0. The molecule has 9 heteroatoms. The maximum atomic E-state index is 12.3. The van der Waals surface area contributed by atoms with Crippen molar-refractivity contribution in [1.29, 1.82) is 0 Å². The van der Waals surface area contributed by atoms with Crippen molar-refractivity contribution in [1.82, 2.24) is 14.6 Å². The number of nitrogens with one attached hydrogen (secondary N) is 2. The predicted octanol–water partition coefficient (Wildman–Crippen LogP) is 0.785. The number of carbonyl (C=O) groups excluding carboxylic acids is 1. The van der Waals surface area contributed by atoms with Crippen LogP contribution in [0.5, 0.6) is 0 Å². The summed E-state index contributed by atoms with van der Waals surface area (Å²) >= 11 is 0. The molecule has 0 aliphatic rings. The van der Waals surface area contributed by atoms with Gasteiger partial charge >= 0.3 is 0 Å². The Kier molecular flexibility index (Phi) is 6.97. The smallest absolute Gasteiger partial charge is 0.267 e. The molecule has 1 heterocycles. The molecule has 1 atom stereocenters. The number of amides is 1. The van der Waals surface area contributed by atoms with Crippen LogP contribution in [-0.2, 0) is 17.1 Å². The number of nitrogens with two attached hydrogens (primary N) is 1. The van der Waals surface area contributed by atoms with Crippen molar-refractivity contribution in [3.63, 3.8) is 0 Å². The fourth-order valence-electron chi connectivity index (χ4n) is 2.14. The Labute approximate surface area is 147 Å². The van der Waals surface area contributed by atoms with Gasteiger partial charge in [-0.3, -0.25) is 4.79 Å². The summed E-state index contributed by atoms with van der Waals surface area (Å²) in [6.07, 6.45) is 1.39. The van der Waals surface area contributed by atoms with Gasteiger partial charge in [-0.2, -0.15) is 0 Å². The first-order valence-electron chi connectivity index (χ1n) is 7.04. The van der Waals surface area contributed by atoms with E-state index in [0.29, 0.717) is 0 Å². The minimum atomic E-state index is -3.74. The highest BCUT2D eigenvalue weighted by atomic mass is 35.5. The van der Waals surface area contributed by atoms with Crippen LogP contribution in [0.4, 0.5) is 0 Å². The van der Waals surface area contributed by atoms with Crippen LogP contribution < -0.4 is 15.8 Å². The summed E-state index contributed by atoms with van der Waals surface area (Å²) in [6, 6.07) is 10.1. The van der Waals surface area contributed by atoms with Gasteiger partial charge in [-0.1, -0.05) is 30.3 Å². The normalized spacial score (nSPS) is 12.3. The zero-order valence-electron chi connectivity index (χ0n) is 13.4. The molecule has 1 unspecified atom stereocenters. The monoisotopic (exact) mass is 372 g/mol. The standard InChI is InChI=1S/C15H20N4O3S.ClH/c1-17-15(20)14-8-12(10-19(14)2)23(21,22)18-9-13(16)11-6-4-3-5-7-11;/h3-8,10,13,18H,9,16H2,1-2H3,(H,17,20);1H. The van der Waals surface area contributed by atoms with Gasteiger partial charge in [0.2, 0.25) is 10.0 Å². The molecule has 24 heavy (non-hydrogen) atoms. The fraction of sp³-hybridized carbons (Fsp3) is 0.267. The summed E-state index contributed by atoms with van der Waals surface area (Å²) < 4.78 is 28.6. The van der Waals surface area contributed by atoms with Crippen LogP contribution in [0.3, 0.4) is 0 Å². The van der Waals surface area contributed by atoms with Gasteiger partial charge in [-0.15, -0.1) is 12.4 Å². The van der Waals surface area contributed by atoms with E-state index in [1.54, 1.807) is 7.05 Å². The van der Waals surface area contributed by atoms with Gasteiger partial charge in [0, 0.05) is 32.9 Å². The molecule has 1 aromatic heterocycles. The molecule has 0 spiro atoms. The lowest BCUT2D eigenvalue weighted by atomic mass is 10.1. The van der Waals surface area contributed by atoms with Gasteiger partial charge in [-0.25, -0.2) is 13.1 Å². The van der Waals surface area contributed by atoms with Crippen molar-refractivity contribution in [2.75, 3.05) is 13.6 Å². The number of carbonyl (C=O) groups is 1. The molecular weight excluding hydrogens is 352 g/mol. The molecule has 4 N–H and O–H groups in total. The van der Waals surface area contributed by atoms with Crippen LogP contribution in [0.1, 0.15) is 22.1 Å². The Hall–Kier alpha value is -1.87. The molecule has 0 saturated heterocycles. The molecule has 7 nitrogen and oxygen atoms in total. The quantitative estimate of drug-likeness (QED) is 0.696. The SMILES string of the molecule is CNC(=O)c1cc(S(=O)(=O)NCC(N)c2ccccc2)cn1C.Cl. The van der Waals surface area contributed by atoms with Gasteiger partial charge in [0.1, 0.15) is 10.6 Å². The summed E-state index contributed by atoms with van der Waals surface area (Å²) in [7, 11) is -0.640. The van der Waals surface area contributed by atoms with E-state index < -0.39 is 16.1 Å². The van der Waals surface area contributed by atoms with Crippen LogP contribution in [0.25, 0.3) is 0 Å². The Morgan fingerprint density at radius 1 is 1.29 bits per heavy atom. The second-order valence-corrected chi connectivity index (χ2v) is 6.89. The van der Waals surface area contributed by atoms with Gasteiger partial charge in [0.25, 0.3) is 5.91 Å². The third-order valence-electron chi connectivity index (χ3n) is 3.47. The van der Waals surface area contributed by atoms with Gasteiger partial charge < -0.3 is 15.6 Å². The molecule has 1 aromatic carbocycles. The average Bonchev–Trinajstić information content (AvgIpc) is 2.95. The van der Waals surface area contributed by atoms with Crippen molar-refractivity contribution >= 4 is 28.3 Å². The predicted molar refractivity (Wildman–Crippen MR) is 94.6 cm³/mol. The molecule has 0 radical (unpaired) electrons. The molecule has 0 fully saturated rings. The highest BCUT2D eigenvalue weighted by molar-refractivity contribution is 7.89. The van der Waals surface area contributed by atoms with E-state index in [1.807, 2.05) is 30.3 Å². The molecule has 0 saturated carbocycles. The summed E-state index contributed by atoms with van der Waals surface area (Å²) in [5.74, 6) is -0.352. The minimum absolute atomic E-state index is 0. The third kappa shape index (κ3) is 4.57. The third-order valence-corrected chi connectivity index (χ3v) is 4.86. The van der Waals surface area contributed by atoms with E-state index in [-0.39, 0.29) is 35.4 Å². The lowest BCUT2D eigenvalue weighted by molar-refractivity contribution is 0.0955. The molecule has 1 amide bonds. The second-order valence-electron chi connectivity index (χ2n) is 5.12. The van der Waals surface area contributed by atoms with Crippen LogP contribution >= 0.6 is 12.4 Å². The molecular formula is C15H21ClN4O3S. The molecule has 132 valence electrons. The Morgan fingerprint density at radius 2 is 1.92 bits per heavy atom. The van der Waals surface area contributed by atoms with Gasteiger partial charge in [0.15, 0.2) is 0 Å². The zero-order valence-corrected chi connectivity index (χ0v) is 15.0. The van der Waals surface area contributed by atoms with Crippen molar-refractivity contribution in [2.24, 2.45) is 12.8 Å². The van der Waals surface area contributed by atoms with Crippen molar-refractivity contribution in [3.8, 4) is 0 Å². The first-order chi connectivity index (χ1) is 10.8. The molecule has 2 rings (SSSR count). The maximum Gasteiger partial charge on any atom is 0.267 e. The van der Waals surface area contributed by atoms with Crippen LogP contribution in [0, 0.1) is 0 Å². The minimum Gasteiger partial charge on any atom is -0.354 e. The van der Waals surface area contributed by atoms with Crippen molar-refractivity contribution in [3.05, 3.63) is 53.9 Å². The highest BCUT2D eigenvalue weighted by Gasteiger charge is 2.20. The number of benzene rings is 1. The Balaban J connectivity index is 0.00000288. The Bertz CT molecular complexity index is 790. The summed E-state index contributed by atoms with van der Waals surface area (Å²) in [6.45, 7) is 0.0660. The van der Waals surface area contributed by atoms with E-state index >= 15 is 0 Å². The number of sulfonamides is 1. The average molecular weight is 373 g/mol. The van der Waals surface area contributed by atoms with Crippen LogP contribution in [0.2, 0.25) is 0 Å². The maximum absolute atomic E-state index is 12.3. The number of aromatic nitrogens is 1. The van der Waals surface area contributed by atoms with E-state index in [0.717, 1.165) is 5.56 Å².